The van der Waals surface area contributed by atoms with Gasteiger partial charge in [-0.3, -0.25) is 14.3 Å². The van der Waals surface area contributed by atoms with Crippen molar-refractivity contribution < 1.29 is 4.79 Å². The monoisotopic (exact) mass is 488 g/mol. The SMILES string of the molecule is O=C(Cn1ncc(=O)c2ccccc21)Nc1nc(-c2ccc(I)cc2)cs1. The third-order valence-electron chi connectivity index (χ3n) is 3.95. The molecule has 0 unspecified atom stereocenters. The number of carbonyl (C=O) groups is 1. The minimum Gasteiger partial charge on any atom is -0.300 e. The van der Waals surface area contributed by atoms with E-state index in [9.17, 15) is 9.59 Å². The lowest BCUT2D eigenvalue weighted by Gasteiger charge is -2.08. The van der Waals surface area contributed by atoms with Crippen LogP contribution >= 0.6 is 33.9 Å². The second-order valence-electron chi connectivity index (χ2n) is 5.78. The number of carbonyl (C=O) groups excluding carboxylic acids is 1. The van der Waals surface area contributed by atoms with Crippen molar-refractivity contribution >= 4 is 55.9 Å². The first-order chi connectivity index (χ1) is 13.1. The molecule has 0 fully saturated rings. The van der Waals surface area contributed by atoms with Crippen molar-refractivity contribution in [3.8, 4) is 11.3 Å². The predicted molar refractivity (Wildman–Crippen MR) is 115 cm³/mol. The molecule has 134 valence electrons. The molecular weight excluding hydrogens is 475 g/mol. The Balaban J connectivity index is 1.52. The Hall–Kier alpha value is -2.59. The summed E-state index contributed by atoms with van der Waals surface area (Å²) >= 11 is 3.62. The van der Waals surface area contributed by atoms with Crippen LogP contribution in [-0.2, 0) is 11.3 Å². The van der Waals surface area contributed by atoms with Crippen LogP contribution in [0.25, 0.3) is 22.2 Å². The molecule has 6 nitrogen and oxygen atoms in total. The number of nitrogens with zero attached hydrogens (tertiary/aromatic N) is 3. The lowest BCUT2D eigenvalue weighted by Crippen LogP contribution is -2.22. The molecule has 2 heterocycles. The number of anilines is 1. The van der Waals surface area contributed by atoms with Gasteiger partial charge in [-0.15, -0.1) is 11.3 Å². The van der Waals surface area contributed by atoms with E-state index in [0.29, 0.717) is 16.0 Å². The summed E-state index contributed by atoms with van der Waals surface area (Å²) in [6.45, 7) is -0.000755. The fraction of sp³-hybridized carbons (Fsp3) is 0.0526. The number of thiazole rings is 1. The van der Waals surface area contributed by atoms with Gasteiger partial charge in [0.1, 0.15) is 6.54 Å². The zero-order valence-corrected chi connectivity index (χ0v) is 16.9. The van der Waals surface area contributed by atoms with E-state index in [0.717, 1.165) is 14.8 Å². The molecule has 0 atom stereocenters. The van der Waals surface area contributed by atoms with E-state index in [1.54, 1.807) is 18.2 Å². The molecule has 1 amide bonds. The van der Waals surface area contributed by atoms with Gasteiger partial charge in [-0.25, -0.2) is 4.98 Å². The molecule has 2 aromatic carbocycles. The number of halogens is 1. The Morgan fingerprint density at radius 1 is 1.15 bits per heavy atom. The predicted octanol–water partition coefficient (Wildman–Crippen LogP) is 3.76. The van der Waals surface area contributed by atoms with Crippen LogP contribution in [0.5, 0.6) is 0 Å². The standard InChI is InChI=1S/C19H13IN4O2S/c20-13-7-5-12(6-8-13)15-11-27-19(22-15)23-18(26)10-24-16-4-2-1-3-14(16)17(25)9-21-24/h1-9,11H,10H2,(H,22,23,26). The van der Waals surface area contributed by atoms with Crippen molar-refractivity contribution in [2.45, 2.75) is 6.54 Å². The van der Waals surface area contributed by atoms with Gasteiger partial charge in [0.2, 0.25) is 11.3 Å². The molecule has 0 aliphatic rings. The van der Waals surface area contributed by atoms with Gasteiger partial charge >= 0.3 is 0 Å². The summed E-state index contributed by atoms with van der Waals surface area (Å²) in [6, 6.07) is 15.1. The van der Waals surface area contributed by atoms with E-state index in [2.05, 4.69) is 38.0 Å². The van der Waals surface area contributed by atoms with Crippen LogP contribution in [0.2, 0.25) is 0 Å². The fourth-order valence-electron chi connectivity index (χ4n) is 2.67. The van der Waals surface area contributed by atoms with Gasteiger partial charge in [0.25, 0.3) is 0 Å². The summed E-state index contributed by atoms with van der Waals surface area (Å²) in [5.74, 6) is -0.250. The van der Waals surface area contributed by atoms with Crippen LogP contribution in [0.4, 0.5) is 5.13 Å². The molecule has 0 saturated heterocycles. The largest absolute Gasteiger partial charge is 0.300 e. The van der Waals surface area contributed by atoms with Crippen molar-refractivity contribution in [2.24, 2.45) is 0 Å². The second kappa shape index (κ2) is 7.57. The van der Waals surface area contributed by atoms with Crippen LogP contribution in [0, 0.1) is 3.57 Å². The molecule has 0 aliphatic carbocycles. The number of amides is 1. The van der Waals surface area contributed by atoms with E-state index >= 15 is 0 Å². The first kappa shape index (κ1) is 17.8. The molecule has 4 rings (SSSR count). The Morgan fingerprint density at radius 3 is 2.74 bits per heavy atom. The van der Waals surface area contributed by atoms with Crippen molar-refractivity contribution in [1.29, 1.82) is 0 Å². The maximum atomic E-state index is 12.4. The van der Waals surface area contributed by atoms with Crippen molar-refractivity contribution in [1.82, 2.24) is 14.8 Å². The van der Waals surface area contributed by atoms with Gasteiger partial charge in [-0.1, -0.05) is 24.3 Å². The Bertz CT molecular complexity index is 1180. The van der Waals surface area contributed by atoms with Gasteiger partial charge < -0.3 is 5.32 Å². The highest BCUT2D eigenvalue weighted by atomic mass is 127. The Kier molecular flexibility index (Phi) is 4.99. The maximum absolute atomic E-state index is 12.4. The van der Waals surface area contributed by atoms with Gasteiger partial charge in [0, 0.05) is 19.9 Å². The summed E-state index contributed by atoms with van der Waals surface area (Å²) in [5.41, 5.74) is 2.28. The molecule has 27 heavy (non-hydrogen) atoms. The van der Waals surface area contributed by atoms with Gasteiger partial charge in [0.15, 0.2) is 5.13 Å². The van der Waals surface area contributed by atoms with Gasteiger partial charge in [-0.2, -0.15) is 5.10 Å². The zero-order chi connectivity index (χ0) is 18.8. The summed E-state index contributed by atoms with van der Waals surface area (Å²) in [6.07, 6.45) is 1.23. The van der Waals surface area contributed by atoms with Crippen molar-refractivity contribution in [2.75, 3.05) is 5.32 Å². The highest BCUT2D eigenvalue weighted by Crippen LogP contribution is 2.25. The fourth-order valence-corrected chi connectivity index (χ4v) is 3.76. The number of hydrogen-bond donors (Lipinski definition) is 1. The highest BCUT2D eigenvalue weighted by Gasteiger charge is 2.11. The minimum atomic E-state index is -0.250. The number of para-hydroxylation sites is 1. The lowest BCUT2D eigenvalue weighted by atomic mass is 10.2. The zero-order valence-electron chi connectivity index (χ0n) is 13.9. The number of rotatable bonds is 4. The first-order valence-corrected chi connectivity index (χ1v) is 10.0. The molecule has 0 saturated carbocycles. The van der Waals surface area contributed by atoms with Crippen LogP contribution < -0.4 is 10.7 Å². The average molecular weight is 488 g/mol. The molecule has 0 bridgehead atoms. The van der Waals surface area contributed by atoms with E-state index < -0.39 is 0 Å². The molecule has 0 radical (unpaired) electrons. The molecular formula is C19H13IN4O2S. The summed E-state index contributed by atoms with van der Waals surface area (Å²) in [5, 5.41) is 9.85. The molecule has 4 aromatic rings. The topological polar surface area (TPSA) is 76.9 Å². The first-order valence-electron chi connectivity index (χ1n) is 8.06. The lowest BCUT2D eigenvalue weighted by molar-refractivity contribution is -0.116. The molecule has 0 aliphatic heterocycles. The quantitative estimate of drug-likeness (QED) is 0.444. The number of hydrogen-bond acceptors (Lipinski definition) is 5. The second-order valence-corrected chi connectivity index (χ2v) is 7.88. The summed E-state index contributed by atoms with van der Waals surface area (Å²) in [7, 11) is 0. The van der Waals surface area contributed by atoms with Crippen molar-refractivity contribution in [3.63, 3.8) is 0 Å². The van der Waals surface area contributed by atoms with Crippen LogP contribution in [0.15, 0.2) is 64.9 Å². The number of nitrogens with one attached hydrogen (secondary N) is 1. The van der Waals surface area contributed by atoms with Crippen LogP contribution in [0.3, 0.4) is 0 Å². The normalized spacial score (nSPS) is 10.9. The van der Waals surface area contributed by atoms with E-state index in [4.69, 9.17) is 0 Å². The molecule has 1 N–H and O–H groups in total. The van der Waals surface area contributed by atoms with E-state index in [-0.39, 0.29) is 17.9 Å². The Labute approximate surface area is 172 Å². The van der Waals surface area contributed by atoms with E-state index in [1.165, 1.54) is 22.2 Å². The van der Waals surface area contributed by atoms with E-state index in [1.807, 2.05) is 35.7 Å². The minimum absolute atomic E-state index is 0.000755. The van der Waals surface area contributed by atoms with Crippen LogP contribution in [-0.4, -0.2) is 20.7 Å². The molecule has 8 heteroatoms. The molecule has 2 aromatic heterocycles. The van der Waals surface area contributed by atoms with Gasteiger partial charge in [0.05, 0.1) is 17.4 Å². The summed E-state index contributed by atoms with van der Waals surface area (Å²) in [4.78, 5) is 28.8. The molecule has 0 spiro atoms. The third-order valence-corrected chi connectivity index (χ3v) is 5.42. The maximum Gasteiger partial charge on any atom is 0.247 e. The number of aromatic nitrogens is 3. The average Bonchev–Trinajstić information content (AvgIpc) is 3.13. The summed E-state index contributed by atoms with van der Waals surface area (Å²) < 4.78 is 2.67. The smallest absolute Gasteiger partial charge is 0.247 e. The van der Waals surface area contributed by atoms with Crippen LogP contribution in [0.1, 0.15) is 0 Å². The third kappa shape index (κ3) is 3.91. The number of fused-ring (bicyclic) bond motifs is 1. The Morgan fingerprint density at radius 2 is 1.93 bits per heavy atom. The highest BCUT2D eigenvalue weighted by molar-refractivity contribution is 14.1. The number of benzene rings is 2. The van der Waals surface area contributed by atoms with Crippen molar-refractivity contribution in [3.05, 3.63) is 73.9 Å². The van der Waals surface area contributed by atoms with Gasteiger partial charge in [-0.05, 0) is 46.9 Å².